The summed E-state index contributed by atoms with van der Waals surface area (Å²) < 4.78 is 0. The number of pyridine rings is 2. The summed E-state index contributed by atoms with van der Waals surface area (Å²) in [6, 6.07) is 7.77. The number of nitrogens with one attached hydrogen (secondary N) is 2. The minimum absolute atomic E-state index is 0.122. The third kappa shape index (κ3) is 3.23. The predicted molar refractivity (Wildman–Crippen MR) is 101 cm³/mol. The molecule has 1 aliphatic heterocycles. The Morgan fingerprint density at radius 3 is 3.00 bits per heavy atom. The summed E-state index contributed by atoms with van der Waals surface area (Å²) in [5, 5.41) is 16.7. The van der Waals surface area contributed by atoms with Crippen LogP contribution in [0.4, 0.5) is 17.3 Å². The lowest BCUT2D eigenvalue weighted by Gasteiger charge is -2.26. The molecular formula is C18H21N7O. The molecule has 0 radical (unpaired) electrons. The van der Waals surface area contributed by atoms with Crippen LogP contribution in [0, 0.1) is 0 Å². The minimum Gasteiger partial charge on any atom is -0.391 e. The summed E-state index contributed by atoms with van der Waals surface area (Å²) in [5.41, 5.74) is 2.64. The third-order valence-electron chi connectivity index (χ3n) is 4.62. The van der Waals surface area contributed by atoms with E-state index in [4.69, 9.17) is 0 Å². The van der Waals surface area contributed by atoms with Crippen LogP contribution < -0.4 is 15.5 Å². The molecule has 0 aromatic carbocycles. The van der Waals surface area contributed by atoms with Gasteiger partial charge in [-0.3, -0.25) is 9.97 Å². The smallest absolute Gasteiger partial charge is 0.134 e. The van der Waals surface area contributed by atoms with E-state index in [1.807, 2.05) is 31.3 Å². The van der Waals surface area contributed by atoms with Gasteiger partial charge in [0.15, 0.2) is 0 Å². The van der Waals surface area contributed by atoms with E-state index in [1.54, 1.807) is 12.4 Å². The second-order valence-electron chi connectivity index (χ2n) is 6.32. The van der Waals surface area contributed by atoms with Gasteiger partial charge in [-0.25, -0.2) is 9.97 Å². The fourth-order valence-corrected chi connectivity index (χ4v) is 3.36. The molecule has 1 aliphatic rings. The summed E-state index contributed by atoms with van der Waals surface area (Å²) in [6.45, 7) is 1.23. The van der Waals surface area contributed by atoms with Crippen molar-refractivity contribution in [1.29, 1.82) is 0 Å². The van der Waals surface area contributed by atoms with E-state index in [1.165, 1.54) is 6.33 Å². The third-order valence-corrected chi connectivity index (χ3v) is 4.62. The highest BCUT2D eigenvalue weighted by molar-refractivity contribution is 5.86. The zero-order valence-corrected chi connectivity index (χ0v) is 14.5. The van der Waals surface area contributed by atoms with Gasteiger partial charge in [-0.1, -0.05) is 0 Å². The normalized spacial score (nSPS) is 19.7. The average Bonchev–Trinajstić information content (AvgIpc) is 3.07. The van der Waals surface area contributed by atoms with Crippen molar-refractivity contribution in [2.75, 3.05) is 35.7 Å². The number of aromatic nitrogens is 4. The maximum absolute atomic E-state index is 10.2. The van der Waals surface area contributed by atoms with Crippen molar-refractivity contribution in [2.24, 2.45) is 0 Å². The number of hydrogen-bond acceptors (Lipinski definition) is 8. The van der Waals surface area contributed by atoms with Gasteiger partial charge in [-0.2, -0.15) is 0 Å². The van der Waals surface area contributed by atoms with Gasteiger partial charge in [-0.05, 0) is 24.6 Å². The Morgan fingerprint density at radius 1 is 1.19 bits per heavy atom. The lowest BCUT2D eigenvalue weighted by Crippen LogP contribution is -2.35. The second-order valence-corrected chi connectivity index (χ2v) is 6.32. The standard InChI is InChI=1S/C18H21N7O/c1-19-16-8-17(24-11-23-16)25-10-13(26)7-12(25)9-22-15-4-6-20-14-3-2-5-21-18(14)15/h2-6,8,11-13,26H,7,9-10H2,1H3,(H,20,22)(H,19,23,24)/t12-,13-/m1/s1. The van der Waals surface area contributed by atoms with Crippen molar-refractivity contribution < 1.29 is 5.11 Å². The van der Waals surface area contributed by atoms with Crippen LogP contribution in [0.15, 0.2) is 43.0 Å². The molecule has 1 saturated heterocycles. The number of rotatable bonds is 5. The number of nitrogens with zero attached hydrogens (tertiary/aromatic N) is 5. The molecule has 0 unspecified atom stereocenters. The van der Waals surface area contributed by atoms with E-state index < -0.39 is 0 Å². The van der Waals surface area contributed by atoms with Crippen molar-refractivity contribution >= 4 is 28.4 Å². The van der Waals surface area contributed by atoms with Crippen LogP contribution in [0.3, 0.4) is 0 Å². The molecule has 3 aromatic rings. The number of anilines is 3. The molecule has 8 heteroatoms. The zero-order chi connectivity index (χ0) is 17.9. The van der Waals surface area contributed by atoms with Crippen molar-refractivity contribution in [1.82, 2.24) is 19.9 Å². The molecule has 0 spiro atoms. The fourth-order valence-electron chi connectivity index (χ4n) is 3.36. The molecule has 4 heterocycles. The average molecular weight is 351 g/mol. The lowest BCUT2D eigenvalue weighted by molar-refractivity contribution is 0.194. The SMILES string of the molecule is CNc1cc(N2C[C@H](O)C[C@@H]2CNc2ccnc3cccnc23)ncn1. The zero-order valence-electron chi connectivity index (χ0n) is 14.5. The monoisotopic (exact) mass is 351 g/mol. The van der Waals surface area contributed by atoms with Crippen molar-refractivity contribution in [3.8, 4) is 0 Å². The Balaban J connectivity index is 1.54. The van der Waals surface area contributed by atoms with Gasteiger partial charge in [0.25, 0.3) is 0 Å². The molecule has 2 atom stereocenters. The van der Waals surface area contributed by atoms with E-state index in [9.17, 15) is 5.11 Å². The van der Waals surface area contributed by atoms with Crippen LogP contribution in [-0.4, -0.2) is 57.3 Å². The van der Waals surface area contributed by atoms with Gasteiger partial charge in [0.05, 0.1) is 23.3 Å². The Kier molecular flexibility index (Phi) is 4.49. The van der Waals surface area contributed by atoms with Crippen LogP contribution in [0.25, 0.3) is 11.0 Å². The van der Waals surface area contributed by atoms with Crippen LogP contribution in [-0.2, 0) is 0 Å². The largest absolute Gasteiger partial charge is 0.391 e. The molecular weight excluding hydrogens is 330 g/mol. The van der Waals surface area contributed by atoms with E-state index in [0.29, 0.717) is 19.5 Å². The molecule has 3 N–H and O–H groups in total. The van der Waals surface area contributed by atoms with Crippen LogP contribution in [0.1, 0.15) is 6.42 Å². The molecule has 0 aliphatic carbocycles. The Morgan fingerprint density at radius 2 is 2.12 bits per heavy atom. The van der Waals surface area contributed by atoms with Crippen LogP contribution in [0.2, 0.25) is 0 Å². The van der Waals surface area contributed by atoms with Crippen molar-refractivity contribution in [3.63, 3.8) is 0 Å². The fraction of sp³-hybridized carbons (Fsp3) is 0.333. The van der Waals surface area contributed by atoms with Gasteiger partial charge < -0.3 is 20.6 Å². The van der Waals surface area contributed by atoms with E-state index in [0.717, 1.165) is 28.4 Å². The van der Waals surface area contributed by atoms with Crippen molar-refractivity contribution in [3.05, 3.63) is 43.0 Å². The minimum atomic E-state index is -0.373. The number of aliphatic hydroxyl groups is 1. The topological polar surface area (TPSA) is 99.1 Å². The van der Waals surface area contributed by atoms with Gasteiger partial charge in [0, 0.05) is 38.6 Å². The number of β-amino-alcohol motifs (C(OH)–C–C–N with tert-alkyl or cyclic N) is 1. The Labute approximate surface area is 151 Å². The number of aliphatic hydroxyl groups excluding tert-OH is 1. The van der Waals surface area contributed by atoms with E-state index >= 15 is 0 Å². The van der Waals surface area contributed by atoms with E-state index in [2.05, 4.69) is 35.5 Å². The van der Waals surface area contributed by atoms with Crippen molar-refractivity contribution in [2.45, 2.75) is 18.6 Å². The van der Waals surface area contributed by atoms with Gasteiger partial charge >= 0.3 is 0 Å². The van der Waals surface area contributed by atoms with Gasteiger partial charge in [0.1, 0.15) is 23.5 Å². The Hall–Kier alpha value is -3.00. The number of hydrogen-bond donors (Lipinski definition) is 3. The molecule has 134 valence electrons. The summed E-state index contributed by atoms with van der Waals surface area (Å²) >= 11 is 0. The first kappa shape index (κ1) is 16.5. The summed E-state index contributed by atoms with van der Waals surface area (Å²) in [7, 11) is 1.82. The summed E-state index contributed by atoms with van der Waals surface area (Å²) in [5.74, 6) is 1.57. The highest BCUT2D eigenvalue weighted by Gasteiger charge is 2.32. The number of fused-ring (bicyclic) bond motifs is 1. The molecule has 0 saturated carbocycles. The molecule has 0 bridgehead atoms. The predicted octanol–water partition coefficient (Wildman–Crippen LogP) is 1.51. The quantitative estimate of drug-likeness (QED) is 0.636. The molecule has 8 nitrogen and oxygen atoms in total. The van der Waals surface area contributed by atoms with E-state index in [-0.39, 0.29) is 12.1 Å². The molecule has 0 amide bonds. The second kappa shape index (κ2) is 7.09. The highest BCUT2D eigenvalue weighted by atomic mass is 16.3. The van der Waals surface area contributed by atoms with Crippen LogP contribution >= 0.6 is 0 Å². The summed E-state index contributed by atoms with van der Waals surface area (Å²) in [6.07, 6.45) is 5.39. The molecule has 26 heavy (non-hydrogen) atoms. The maximum Gasteiger partial charge on any atom is 0.134 e. The molecule has 4 rings (SSSR count). The maximum atomic E-state index is 10.2. The highest BCUT2D eigenvalue weighted by Crippen LogP contribution is 2.26. The lowest BCUT2D eigenvalue weighted by atomic mass is 10.2. The first-order valence-corrected chi connectivity index (χ1v) is 8.62. The van der Waals surface area contributed by atoms with Gasteiger partial charge in [0.2, 0.25) is 0 Å². The molecule has 3 aromatic heterocycles. The van der Waals surface area contributed by atoms with Crippen LogP contribution in [0.5, 0.6) is 0 Å². The van der Waals surface area contributed by atoms with Gasteiger partial charge in [-0.15, -0.1) is 0 Å². The Bertz CT molecular complexity index is 898. The summed E-state index contributed by atoms with van der Waals surface area (Å²) in [4.78, 5) is 19.4. The first-order chi connectivity index (χ1) is 12.7. The first-order valence-electron chi connectivity index (χ1n) is 8.62. The molecule has 1 fully saturated rings.